The average molecular weight is 278 g/mol. The lowest BCUT2D eigenvalue weighted by molar-refractivity contribution is 0.175. The normalized spacial score (nSPS) is 42.8. The van der Waals surface area contributed by atoms with E-state index in [1.165, 1.54) is 77.3 Å². The van der Waals surface area contributed by atoms with Crippen molar-refractivity contribution in [1.29, 1.82) is 0 Å². The molecule has 2 heteroatoms. The number of rotatable bonds is 4. The molecule has 2 nitrogen and oxygen atoms in total. The van der Waals surface area contributed by atoms with Crippen molar-refractivity contribution < 1.29 is 0 Å². The highest BCUT2D eigenvalue weighted by atomic mass is 15.0. The second kappa shape index (κ2) is 7.26. The van der Waals surface area contributed by atoms with Crippen LogP contribution in [0.2, 0.25) is 0 Å². The topological polar surface area (TPSA) is 24.1 Å². The summed E-state index contributed by atoms with van der Waals surface area (Å²) in [7, 11) is 0. The predicted molar refractivity (Wildman–Crippen MR) is 85.9 cm³/mol. The maximum Gasteiger partial charge on any atom is 0.0110 e. The summed E-state index contributed by atoms with van der Waals surface area (Å²) in [6, 6.07) is 1.61. The Labute approximate surface area is 125 Å². The summed E-state index contributed by atoms with van der Waals surface area (Å²) < 4.78 is 0. The molecule has 2 aliphatic carbocycles. The van der Waals surface area contributed by atoms with Gasteiger partial charge in [0.05, 0.1) is 0 Å². The van der Waals surface area contributed by atoms with Crippen molar-refractivity contribution in [3.05, 3.63) is 0 Å². The van der Waals surface area contributed by atoms with Gasteiger partial charge in [-0.25, -0.2) is 0 Å². The van der Waals surface area contributed by atoms with Crippen molar-refractivity contribution in [3.8, 4) is 0 Å². The third kappa shape index (κ3) is 3.57. The summed E-state index contributed by atoms with van der Waals surface area (Å²) in [4.78, 5) is 0. The van der Waals surface area contributed by atoms with E-state index in [1.54, 1.807) is 0 Å². The summed E-state index contributed by atoms with van der Waals surface area (Å²) in [5, 5.41) is 7.82. The van der Waals surface area contributed by atoms with Crippen molar-refractivity contribution in [1.82, 2.24) is 10.6 Å². The van der Waals surface area contributed by atoms with Gasteiger partial charge in [0.2, 0.25) is 0 Å². The van der Waals surface area contributed by atoms with Gasteiger partial charge in [-0.1, -0.05) is 39.0 Å². The Hall–Kier alpha value is -0.0800. The first-order valence-electron chi connectivity index (χ1n) is 9.31. The van der Waals surface area contributed by atoms with Crippen molar-refractivity contribution in [3.63, 3.8) is 0 Å². The van der Waals surface area contributed by atoms with Gasteiger partial charge in [0, 0.05) is 12.1 Å². The van der Waals surface area contributed by atoms with Gasteiger partial charge in [-0.15, -0.1) is 0 Å². The van der Waals surface area contributed by atoms with Crippen LogP contribution in [0, 0.1) is 17.8 Å². The zero-order chi connectivity index (χ0) is 13.8. The minimum Gasteiger partial charge on any atom is -0.314 e. The van der Waals surface area contributed by atoms with Crippen molar-refractivity contribution >= 4 is 0 Å². The molecule has 3 rings (SSSR count). The average Bonchev–Trinajstić information content (AvgIpc) is 2.92. The molecule has 0 radical (unpaired) electrons. The van der Waals surface area contributed by atoms with E-state index in [1.807, 2.05) is 0 Å². The molecule has 116 valence electrons. The Kier molecular flexibility index (Phi) is 5.39. The molecule has 0 aromatic heterocycles. The molecule has 1 saturated heterocycles. The zero-order valence-corrected chi connectivity index (χ0v) is 13.4. The Bertz CT molecular complexity index is 285. The monoisotopic (exact) mass is 278 g/mol. The molecule has 2 N–H and O–H groups in total. The fourth-order valence-electron chi connectivity index (χ4n) is 4.97. The summed E-state index contributed by atoms with van der Waals surface area (Å²) in [6.07, 6.45) is 14.4. The number of piperidine rings is 1. The molecule has 1 heterocycles. The molecule has 2 saturated carbocycles. The molecule has 3 fully saturated rings. The van der Waals surface area contributed by atoms with Gasteiger partial charge < -0.3 is 10.6 Å². The molecule has 0 amide bonds. The Balaban J connectivity index is 1.52. The van der Waals surface area contributed by atoms with Crippen LogP contribution in [0.3, 0.4) is 0 Å². The van der Waals surface area contributed by atoms with Crippen LogP contribution in [0.25, 0.3) is 0 Å². The van der Waals surface area contributed by atoms with Crippen LogP contribution in [0.15, 0.2) is 0 Å². The largest absolute Gasteiger partial charge is 0.314 e. The van der Waals surface area contributed by atoms with E-state index in [2.05, 4.69) is 17.6 Å². The van der Waals surface area contributed by atoms with E-state index in [0.29, 0.717) is 0 Å². The summed E-state index contributed by atoms with van der Waals surface area (Å²) in [5.41, 5.74) is 0. The maximum absolute atomic E-state index is 4.00. The summed E-state index contributed by atoms with van der Waals surface area (Å²) in [6.45, 7) is 5.00. The summed E-state index contributed by atoms with van der Waals surface area (Å²) >= 11 is 0. The molecular weight excluding hydrogens is 244 g/mol. The van der Waals surface area contributed by atoms with Crippen LogP contribution >= 0.6 is 0 Å². The number of hydrogen-bond donors (Lipinski definition) is 2. The van der Waals surface area contributed by atoms with Gasteiger partial charge in [-0.3, -0.25) is 0 Å². The minimum absolute atomic E-state index is 0.798. The smallest absolute Gasteiger partial charge is 0.0110 e. The number of nitrogens with one attached hydrogen (secondary N) is 2. The quantitative estimate of drug-likeness (QED) is 0.819. The van der Waals surface area contributed by atoms with Gasteiger partial charge in [-0.2, -0.15) is 0 Å². The second-order valence-electron chi connectivity index (χ2n) is 7.69. The third-order valence-corrected chi connectivity index (χ3v) is 6.37. The van der Waals surface area contributed by atoms with E-state index in [9.17, 15) is 0 Å². The fraction of sp³-hybridized carbons (Fsp3) is 1.00. The molecule has 0 aromatic carbocycles. The standard InChI is InChI=1S/C18H34N2/c1-14-7-6-8-15(14)13-20-18-10-3-2-9-16(18)17-11-4-5-12-19-17/h14-20H,2-13H2,1H3. The van der Waals surface area contributed by atoms with E-state index in [-0.39, 0.29) is 0 Å². The molecule has 0 spiro atoms. The molecular formula is C18H34N2. The van der Waals surface area contributed by atoms with E-state index < -0.39 is 0 Å². The molecule has 0 bridgehead atoms. The van der Waals surface area contributed by atoms with Crippen molar-refractivity contribution in [2.24, 2.45) is 17.8 Å². The second-order valence-corrected chi connectivity index (χ2v) is 7.69. The number of hydrogen-bond acceptors (Lipinski definition) is 2. The van der Waals surface area contributed by atoms with Crippen LogP contribution in [0.5, 0.6) is 0 Å². The minimum atomic E-state index is 0.798. The lowest BCUT2D eigenvalue weighted by Crippen LogP contribution is -2.51. The van der Waals surface area contributed by atoms with Crippen LogP contribution in [0.4, 0.5) is 0 Å². The Morgan fingerprint density at radius 3 is 2.50 bits per heavy atom. The molecule has 0 aromatic rings. The van der Waals surface area contributed by atoms with Crippen LogP contribution < -0.4 is 10.6 Å². The predicted octanol–water partition coefficient (Wildman–Crippen LogP) is 3.71. The lowest BCUT2D eigenvalue weighted by Gasteiger charge is -2.40. The maximum atomic E-state index is 4.00. The van der Waals surface area contributed by atoms with E-state index in [4.69, 9.17) is 0 Å². The molecule has 5 atom stereocenters. The first-order chi connectivity index (χ1) is 9.84. The van der Waals surface area contributed by atoms with Crippen LogP contribution in [-0.4, -0.2) is 25.2 Å². The highest BCUT2D eigenvalue weighted by Crippen LogP contribution is 2.33. The molecule has 1 aliphatic heterocycles. The zero-order valence-electron chi connectivity index (χ0n) is 13.4. The van der Waals surface area contributed by atoms with E-state index in [0.717, 1.165) is 29.8 Å². The van der Waals surface area contributed by atoms with E-state index >= 15 is 0 Å². The first-order valence-corrected chi connectivity index (χ1v) is 9.31. The SMILES string of the molecule is CC1CCCC1CNC1CCCCC1C1CCCCN1. The van der Waals surface area contributed by atoms with Crippen molar-refractivity contribution in [2.75, 3.05) is 13.1 Å². The van der Waals surface area contributed by atoms with Gasteiger partial charge in [-0.05, 0) is 62.9 Å². The van der Waals surface area contributed by atoms with Gasteiger partial charge >= 0.3 is 0 Å². The van der Waals surface area contributed by atoms with Crippen LogP contribution in [0.1, 0.15) is 71.1 Å². The Morgan fingerprint density at radius 1 is 0.900 bits per heavy atom. The van der Waals surface area contributed by atoms with Crippen molar-refractivity contribution in [2.45, 2.75) is 83.2 Å². The first kappa shape index (κ1) is 14.8. The molecule has 5 unspecified atom stereocenters. The summed E-state index contributed by atoms with van der Waals surface area (Å²) in [5.74, 6) is 2.81. The Morgan fingerprint density at radius 2 is 1.75 bits per heavy atom. The third-order valence-electron chi connectivity index (χ3n) is 6.37. The van der Waals surface area contributed by atoms with Gasteiger partial charge in [0.1, 0.15) is 0 Å². The van der Waals surface area contributed by atoms with Crippen LogP contribution in [-0.2, 0) is 0 Å². The fourth-order valence-corrected chi connectivity index (χ4v) is 4.97. The molecule has 20 heavy (non-hydrogen) atoms. The highest BCUT2D eigenvalue weighted by molar-refractivity contribution is 4.91. The molecule has 3 aliphatic rings. The van der Waals surface area contributed by atoms with Gasteiger partial charge in [0.25, 0.3) is 0 Å². The lowest BCUT2D eigenvalue weighted by atomic mass is 9.77. The highest BCUT2D eigenvalue weighted by Gasteiger charge is 2.33. The van der Waals surface area contributed by atoms with Gasteiger partial charge in [0.15, 0.2) is 0 Å².